The number of carbonyl (C=O) groups excluding carboxylic acids is 2. The molecule has 3 rings (SSSR count). The van der Waals surface area contributed by atoms with Gasteiger partial charge in [-0.15, -0.1) is 0 Å². The molecule has 0 radical (unpaired) electrons. The van der Waals surface area contributed by atoms with Gasteiger partial charge in [0.05, 0.1) is 6.54 Å². The SMILES string of the molecule is CCc1ccc(-c2ccc(C(=O)NCC(=O)NCc3ccccc3)cc2)cc1. The van der Waals surface area contributed by atoms with Gasteiger partial charge < -0.3 is 10.6 Å². The monoisotopic (exact) mass is 372 g/mol. The summed E-state index contributed by atoms with van der Waals surface area (Å²) < 4.78 is 0. The van der Waals surface area contributed by atoms with Gasteiger partial charge >= 0.3 is 0 Å². The number of benzene rings is 3. The van der Waals surface area contributed by atoms with E-state index < -0.39 is 0 Å². The predicted molar refractivity (Wildman–Crippen MR) is 112 cm³/mol. The van der Waals surface area contributed by atoms with Gasteiger partial charge in [0.2, 0.25) is 5.91 Å². The van der Waals surface area contributed by atoms with E-state index in [0.717, 1.165) is 23.1 Å². The highest BCUT2D eigenvalue weighted by atomic mass is 16.2. The number of hydrogen-bond donors (Lipinski definition) is 2. The van der Waals surface area contributed by atoms with Crippen LogP contribution in [-0.2, 0) is 17.8 Å². The Morgan fingerprint density at radius 3 is 1.93 bits per heavy atom. The van der Waals surface area contributed by atoms with Crippen molar-refractivity contribution in [3.8, 4) is 11.1 Å². The number of aryl methyl sites for hydroxylation is 1. The van der Waals surface area contributed by atoms with E-state index in [-0.39, 0.29) is 18.4 Å². The molecule has 0 bridgehead atoms. The van der Waals surface area contributed by atoms with Gasteiger partial charge in [-0.2, -0.15) is 0 Å². The minimum atomic E-state index is -0.261. The number of hydrogen-bond acceptors (Lipinski definition) is 2. The van der Waals surface area contributed by atoms with Crippen LogP contribution >= 0.6 is 0 Å². The zero-order valence-corrected chi connectivity index (χ0v) is 15.9. The van der Waals surface area contributed by atoms with Gasteiger partial charge in [-0.3, -0.25) is 9.59 Å². The van der Waals surface area contributed by atoms with Crippen LogP contribution in [0.4, 0.5) is 0 Å². The molecular weight excluding hydrogens is 348 g/mol. The molecule has 2 N–H and O–H groups in total. The minimum absolute atomic E-state index is 0.0497. The molecule has 4 heteroatoms. The van der Waals surface area contributed by atoms with Crippen molar-refractivity contribution in [2.45, 2.75) is 19.9 Å². The number of nitrogens with one attached hydrogen (secondary N) is 2. The van der Waals surface area contributed by atoms with Gasteiger partial charge in [-0.25, -0.2) is 0 Å². The van der Waals surface area contributed by atoms with E-state index in [0.29, 0.717) is 12.1 Å². The van der Waals surface area contributed by atoms with E-state index in [1.807, 2.05) is 42.5 Å². The van der Waals surface area contributed by atoms with Crippen molar-refractivity contribution in [2.24, 2.45) is 0 Å². The quantitative estimate of drug-likeness (QED) is 0.659. The first-order valence-corrected chi connectivity index (χ1v) is 9.44. The Morgan fingerprint density at radius 1 is 0.714 bits per heavy atom. The lowest BCUT2D eigenvalue weighted by atomic mass is 10.0. The predicted octanol–water partition coefficient (Wildman–Crippen LogP) is 3.96. The van der Waals surface area contributed by atoms with Crippen LogP contribution in [0.1, 0.15) is 28.4 Å². The van der Waals surface area contributed by atoms with Crippen LogP contribution < -0.4 is 10.6 Å². The Labute approximate surface area is 165 Å². The van der Waals surface area contributed by atoms with Crippen LogP contribution in [0.25, 0.3) is 11.1 Å². The largest absolute Gasteiger partial charge is 0.350 e. The van der Waals surface area contributed by atoms with E-state index in [2.05, 4.69) is 41.8 Å². The highest BCUT2D eigenvalue weighted by Gasteiger charge is 2.08. The first kappa shape index (κ1) is 19.4. The molecule has 0 aliphatic carbocycles. The third kappa shape index (κ3) is 5.30. The van der Waals surface area contributed by atoms with Crippen molar-refractivity contribution in [2.75, 3.05) is 6.54 Å². The lowest BCUT2D eigenvalue weighted by molar-refractivity contribution is -0.120. The summed E-state index contributed by atoms with van der Waals surface area (Å²) in [4.78, 5) is 24.2. The Balaban J connectivity index is 1.50. The molecule has 3 aromatic carbocycles. The topological polar surface area (TPSA) is 58.2 Å². The summed E-state index contributed by atoms with van der Waals surface area (Å²) in [5.74, 6) is -0.479. The fourth-order valence-electron chi connectivity index (χ4n) is 2.87. The lowest BCUT2D eigenvalue weighted by Gasteiger charge is -2.08. The highest BCUT2D eigenvalue weighted by molar-refractivity contribution is 5.96. The standard InChI is InChI=1S/C24H24N2O2/c1-2-18-8-10-20(11-9-18)21-12-14-22(15-13-21)24(28)26-17-23(27)25-16-19-6-4-3-5-7-19/h3-15H,2,16-17H2,1H3,(H,25,27)(H,26,28). The molecule has 0 unspecified atom stereocenters. The van der Waals surface area contributed by atoms with Crippen molar-refractivity contribution in [3.63, 3.8) is 0 Å². The Kier molecular flexibility index (Phi) is 6.58. The third-order valence-corrected chi connectivity index (χ3v) is 4.58. The maximum atomic E-state index is 12.3. The summed E-state index contributed by atoms with van der Waals surface area (Å²) in [6.45, 7) is 2.53. The van der Waals surface area contributed by atoms with Crippen LogP contribution in [0.15, 0.2) is 78.9 Å². The van der Waals surface area contributed by atoms with Crippen LogP contribution in [0.5, 0.6) is 0 Å². The first-order valence-electron chi connectivity index (χ1n) is 9.44. The Hall–Kier alpha value is -3.40. The second kappa shape index (κ2) is 9.51. The Bertz CT molecular complexity index is 917. The molecule has 2 amide bonds. The van der Waals surface area contributed by atoms with Crippen molar-refractivity contribution < 1.29 is 9.59 Å². The summed E-state index contributed by atoms with van der Waals surface area (Å²) in [6.07, 6.45) is 1.01. The molecule has 0 fully saturated rings. The molecule has 142 valence electrons. The van der Waals surface area contributed by atoms with Gasteiger partial charge in [-0.1, -0.05) is 73.7 Å². The maximum absolute atomic E-state index is 12.3. The van der Waals surface area contributed by atoms with E-state index in [1.54, 1.807) is 12.1 Å². The fourth-order valence-corrected chi connectivity index (χ4v) is 2.87. The van der Waals surface area contributed by atoms with Gasteiger partial charge in [0, 0.05) is 12.1 Å². The molecular formula is C24H24N2O2. The van der Waals surface area contributed by atoms with Crippen molar-refractivity contribution >= 4 is 11.8 Å². The zero-order chi connectivity index (χ0) is 19.8. The summed E-state index contributed by atoms with van der Waals surface area (Å²) in [5.41, 5.74) is 5.02. The first-order chi connectivity index (χ1) is 13.7. The molecule has 0 aliphatic heterocycles. The molecule has 0 heterocycles. The molecule has 0 aliphatic rings. The van der Waals surface area contributed by atoms with Crippen LogP contribution in [-0.4, -0.2) is 18.4 Å². The van der Waals surface area contributed by atoms with E-state index in [4.69, 9.17) is 0 Å². The van der Waals surface area contributed by atoms with Crippen molar-refractivity contribution in [1.82, 2.24) is 10.6 Å². The average Bonchev–Trinajstić information content (AvgIpc) is 2.77. The maximum Gasteiger partial charge on any atom is 0.251 e. The van der Waals surface area contributed by atoms with E-state index in [9.17, 15) is 9.59 Å². The highest BCUT2D eigenvalue weighted by Crippen LogP contribution is 2.20. The summed E-state index contributed by atoms with van der Waals surface area (Å²) in [5, 5.41) is 5.45. The number of amides is 2. The second-order valence-electron chi connectivity index (χ2n) is 6.57. The molecule has 0 aromatic heterocycles. The summed E-state index contributed by atoms with van der Waals surface area (Å²) >= 11 is 0. The van der Waals surface area contributed by atoms with Gasteiger partial charge in [-0.05, 0) is 40.8 Å². The molecule has 0 saturated carbocycles. The van der Waals surface area contributed by atoms with E-state index in [1.165, 1.54) is 5.56 Å². The lowest BCUT2D eigenvalue weighted by Crippen LogP contribution is -2.36. The smallest absolute Gasteiger partial charge is 0.251 e. The van der Waals surface area contributed by atoms with Gasteiger partial charge in [0.25, 0.3) is 5.91 Å². The molecule has 0 saturated heterocycles. The van der Waals surface area contributed by atoms with Crippen LogP contribution in [0.2, 0.25) is 0 Å². The fraction of sp³-hybridized carbons (Fsp3) is 0.167. The minimum Gasteiger partial charge on any atom is -0.350 e. The third-order valence-electron chi connectivity index (χ3n) is 4.58. The van der Waals surface area contributed by atoms with E-state index >= 15 is 0 Å². The van der Waals surface area contributed by atoms with Crippen LogP contribution in [0.3, 0.4) is 0 Å². The number of carbonyl (C=O) groups is 2. The molecule has 3 aromatic rings. The normalized spacial score (nSPS) is 10.3. The van der Waals surface area contributed by atoms with Gasteiger partial charge in [0.15, 0.2) is 0 Å². The molecule has 4 nitrogen and oxygen atoms in total. The molecule has 0 spiro atoms. The summed E-state index contributed by atoms with van der Waals surface area (Å²) in [6, 6.07) is 25.5. The number of rotatable bonds is 7. The van der Waals surface area contributed by atoms with Crippen LogP contribution in [0, 0.1) is 0 Å². The summed E-state index contributed by atoms with van der Waals surface area (Å²) in [7, 11) is 0. The Morgan fingerprint density at radius 2 is 1.32 bits per heavy atom. The molecule has 0 atom stereocenters. The zero-order valence-electron chi connectivity index (χ0n) is 15.9. The second-order valence-corrected chi connectivity index (χ2v) is 6.57. The van der Waals surface area contributed by atoms with Crippen molar-refractivity contribution in [1.29, 1.82) is 0 Å². The molecule has 28 heavy (non-hydrogen) atoms. The average molecular weight is 372 g/mol. The van der Waals surface area contributed by atoms with Gasteiger partial charge in [0.1, 0.15) is 0 Å². The van der Waals surface area contributed by atoms with Crippen molar-refractivity contribution in [3.05, 3.63) is 95.6 Å².